The van der Waals surface area contributed by atoms with Gasteiger partial charge in [-0.25, -0.2) is 4.79 Å². The van der Waals surface area contributed by atoms with Crippen LogP contribution in [0.5, 0.6) is 0 Å². The molecule has 82 valence electrons. The van der Waals surface area contributed by atoms with E-state index >= 15 is 0 Å². The summed E-state index contributed by atoms with van der Waals surface area (Å²) in [5.41, 5.74) is 0.362. The first-order valence-electron chi connectivity index (χ1n) is 5.02. The average molecular weight is 208 g/mol. The normalized spacial score (nSPS) is 8.47. The van der Waals surface area contributed by atoms with E-state index in [2.05, 4.69) is 4.74 Å². The summed E-state index contributed by atoms with van der Waals surface area (Å²) < 4.78 is 4.57. The number of rotatable bonds is 3. The maximum atomic E-state index is 11.3. The smallest absolute Gasteiger partial charge is 0.379 e. The summed E-state index contributed by atoms with van der Waals surface area (Å²) >= 11 is 0. The van der Waals surface area contributed by atoms with Crippen molar-refractivity contribution in [1.82, 2.24) is 0 Å². The minimum atomic E-state index is -0.797. The largest absolute Gasteiger partial charge is 0.460 e. The Labute approximate surface area is 90.1 Å². The second-order valence-electron chi connectivity index (χ2n) is 2.42. The summed E-state index contributed by atoms with van der Waals surface area (Å²) in [4.78, 5) is 22.2. The predicted octanol–water partition coefficient (Wildman–Crippen LogP) is 2.46. The number of hydrogen-bond acceptors (Lipinski definition) is 3. The van der Waals surface area contributed by atoms with E-state index in [1.54, 1.807) is 37.3 Å². The van der Waals surface area contributed by atoms with E-state index in [0.717, 1.165) is 0 Å². The van der Waals surface area contributed by atoms with Gasteiger partial charge < -0.3 is 4.74 Å². The van der Waals surface area contributed by atoms with Gasteiger partial charge in [0.15, 0.2) is 0 Å². The summed E-state index contributed by atoms with van der Waals surface area (Å²) in [5.74, 6) is -1.39. The summed E-state index contributed by atoms with van der Waals surface area (Å²) in [7, 11) is 0. The first-order chi connectivity index (χ1) is 7.25. The molecular weight excluding hydrogens is 192 g/mol. The number of ether oxygens (including phenoxy) is 1. The van der Waals surface area contributed by atoms with Crippen molar-refractivity contribution < 1.29 is 14.3 Å². The van der Waals surface area contributed by atoms with Gasteiger partial charge in [-0.05, 0) is 6.92 Å². The molecule has 0 amide bonds. The Hall–Kier alpha value is -1.64. The molecular formula is C12H16O3. The highest BCUT2D eigenvalue weighted by atomic mass is 16.5. The highest BCUT2D eigenvalue weighted by molar-refractivity contribution is 6.40. The van der Waals surface area contributed by atoms with Crippen LogP contribution in [0.25, 0.3) is 0 Å². The first-order valence-corrected chi connectivity index (χ1v) is 5.02. The number of benzene rings is 1. The molecule has 0 atom stereocenters. The van der Waals surface area contributed by atoms with Crippen molar-refractivity contribution in [2.45, 2.75) is 20.8 Å². The molecule has 0 aliphatic rings. The third-order valence-corrected chi connectivity index (χ3v) is 1.50. The highest BCUT2D eigenvalue weighted by Crippen LogP contribution is 2.00. The molecule has 0 fully saturated rings. The Morgan fingerprint density at radius 3 is 2.13 bits per heavy atom. The minimum absolute atomic E-state index is 0.220. The van der Waals surface area contributed by atoms with E-state index < -0.39 is 11.8 Å². The number of carbonyl (C=O) groups is 2. The number of carbonyl (C=O) groups excluding carboxylic acids is 2. The zero-order valence-electron chi connectivity index (χ0n) is 9.32. The summed E-state index contributed by atoms with van der Waals surface area (Å²) in [6.07, 6.45) is 0. The van der Waals surface area contributed by atoms with Crippen molar-refractivity contribution in [3.8, 4) is 0 Å². The molecule has 1 aromatic carbocycles. The van der Waals surface area contributed by atoms with Crippen LogP contribution in [0.1, 0.15) is 31.1 Å². The standard InChI is InChI=1S/C10H10O3.C2H6/c1-2-13-10(12)9(11)8-6-4-3-5-7-8;1-2/h3-7H,2H2,1H3;1-2H3. The predicted molar refractivity (Wildman–Crippen MR) is 58.8 cm³/mol. The number of Topliss-reactive ketones (excluding diaryl/α,β-unsaturated/α-hetero) is 1. The van der Waals surface area contributed by atoms with Gasteiger partial charge in [-0.3, -0.25) is 4.79 Å². The number of esters is 1. The summed E-state index contributed by atoms with van der Waals surface area (Å²) in [6, 6.07) is 8.35. The van der Waals surface area contributed by atoms with Crippen molar-refractivity contribution in [2.24, 2.45) is 0 Å². The van der Waals surface area contributed by atoms with Gasteiger partial charge in [0.25, 0.3) is 5.78 Å². The van der Waals surface area contributed by atoms with Crippen LogP contribution in [0.2, 0.25) is 0 Å². The van der Waals surface area contributed by atoms with Crippen LogP contribution in [0.3, 0.4) is 0 Å². The fourth-order valence-electron chi connectivity index (χ4n) is 0.904. The molecule has 1 rings (SSSR count). The van der Waals surface area contributed by atoms with Gasteiger partial charge in [0.2, 0.25) is 0 Å². The average Bonchev–Trinajstić information content (AvgIpc) is 2.32. The zero-order chi connectivity index (χ0) is 11.7. The molecule has 3 nitrogen and oxygen atoms in total. The van der Waals surface area contributed by atoms with Crippen molar-refractivity contribution in [3.63, 3.8) is 0 Å². The SMILES string of the molecule is CC.CCOC(=O)C(=O)c1ccccc1. The zero-order valence-corrected chi connectivity index (χ0v) is 9.32. The molecule has 0 saturated heterocycles. The topological polar surface area (TPSA) is 43.4 Å². The fourth-order valence-corrected chi connectivity index (χ4v) is 0.904. The summed E-state index contributed by atoms with van der Waals surface area (Å²) in [5, 5.41) is 0. The lowest BCUT2D eigenvalue weighted by molar-refractivity contribution is -0.137. The monoisotopic (exact) mass is 208 g/mol. The van der Waals surface area contributed by atoms with Crippen LogP contribution < -0.4 is 0 Å². The van der Waals surface area contributed by atoms with Gasteiger partial charge >= 0.3 is 5.97 Å². The Bertz CT molecular complexity index is 304. The van der Waals surface area contributed by atoms with E-state index in [1.165, 1.54) is 0 Å². The lowest BCUT2D eigenvalue weighted by atomic mass is 10.1. The van der Waals surface area contributed by atoms with E-state index in [1.807, 2.05) is 13.8 Å². The summed E-state index contributed by atoms with van der Waals surface area (Å²) in [6.45, 7) is 5.88. The molecule has 0 aliphatic carbocycles. The maximum Gasteiger partial charge on any atom is 0.379 e. The van der Waals surface area contributed by atoms with Crippen LogP contribution >= 0.6 is 0 Å². The highest BCUT2D eigenvalue weighted by Gasteiger charge is 2.15. The molecule has 0 unspecified atom stereocenters. The van der Waals surface area contributed by atoms with E-state index in [-0.39, 0.29) is 6.61 Å². The molecule has 1 aromatic rings. The Kier molecular flexibility index (Phi) is 6.89. The second-order valence-corrected chi connectivity index (χ2v) is 2.42. The van der Waals surface area contributed by atoms with E-state index in [4.69, 9.17) is 0 Å². The van der Waals surface area contributed by atoms with Gasteiger partial charge in [-0.1, -0.05) is 44.2 Å². The van der Waals surface area contributed by atoms with Gasteiger partial charge in [-0.15, -0.1) is 0 Å². The van der Waals surface area contributed by atoms with Crippen molar-refractivity contribution >= 4 is 11.8 Å². The Morgan fingerprint density at radius 2 is 1.67 bits per heavy atom. The second kappa shape index (κ2) is 7.74. The fraction of sp³-hybridized carbons (Fsp3) is 0.333. The molecule has 0 aromatic heterocycles. The molecule has 0 radical (unpaired) electrons. The van der Waals surface area contributed by atoms with Crippen LogP contribution in [-0.4, -0.2) is 18.4 Å². The van der Waals surface area contributed by atoms with Crippen LogP contribution in [-0.2, 0) is 9.53 Å². The molecule has 0 heterocycles. The lowest BCUT2D eigenvalue weighted by Gasteiger charge is -1.99. The molecule has 0 spiro atoms. The van der Waals surface area contributed by atoms with Crippen molar-refractivity contribution in [1.29, 1.82) is 0 Å². The van der Waals surface area contributed by atoms with Crippen LogP contribution in [0, 0.1) is 0 Å². The van der Waals surface area contributed by atoms with Crippen LogP contribution in [0.15, 0.2) is 30.3 Å². The molecule has 0 aliphatic heterocycles. The van der Waals surface area contributed by atoms with Gasteiger partial charge in [0.1, 0.15) is 0 Å². The quantitative estimate of drug-likeness (QED) is 0.435. The molecule has 0 bridgehead atoms. The maximum absolute atomic E-state index is 11.3. The van der Waals surface area contributed by atoms with Gasteiger partial charge in [-0.2, -0.15) is 0 Å². The Balaban J connectivity index is 0.000000921. The number of ketones is 1. The van der Waals surface area contributed by atoms with Gasteiger partial charge in [0, 0.05) is 5.56 Å². The van der Waals surface area contributed by atoms with E-state index in [9.17, 15) is 9.59 Å². The third-order valence-electron chi connectivity index (χ3n) is 1.50. The Morgan fingerprint density at radius 1 is 1.13 bits per heavy atom. The third kappa shape index (κ3) is 4.40. The van der Waals surface area contributed by atoms with Gasteiger partial charge in [0.05, 0.1) is 6.61 Å². The molecule has 15 heavy (non-hydrogen) atoms. The van der Waals surface area contributed by atoms with E-state index in [0.29, 0.717) is 5.56 Å². The van der Waals surface area contributed by atoms with Crippen molar-refractivity contribution in [3.05, 3.63) is 35.9 Å². The molecule has 3 heteroatoms. The minimum Gasteiger partial charge on any atom is -0.460 e. The number of hydrogen-bond donors (Lipinski definition) is 0. The van der Waals surface area contributed by atoms with Crippen molar-refractivity contribution in [2.75, 3.05) is 6.61 Å². The molecule has 0 saturated carbocycles. The molecule has 0 N–H and O–H groups in total. The first kappa shape index (κ1) is 13.4. The lowest BCUT2D eigenvalue weighted by Crippen LogP contribution is -2.17. The van der Waals surface area contributed by atoms with Crippen LogP contribution in [0.4, 0.5) is 0 Å².